The molecule has 1 aromatic rings. The number of rotatable bonds is 4. The van der Waals surface area contributed by atoms with Gasteiger partial charge in [0, 0.05) is 19.1 Å². The van der Waals surface area contributed by atoms with Gasteiger partial charge in [-0.05, 0) is 38.8 Å². The van der Waals surface area contributed by atoms with E-state index in [0.29, 0.717) is 31.7 Å². The Labute approximate surface area is 123 Å². The Balaban J connectivity index is 2.06. The van der Waals surface area contributed by atoms with Crippen LogP contribution in [0.15, 0.2) is 12.1 Å². The number of hydrogen-bond donors (Lipinski definition) is 2. The highest BCUT2D eigenvalue weighted by atomic mass is 16.4. The summed E-state index contributed by atoms with van der Waals surface area (Å²) in [6.07, 6.45) is 1.19. The van der Waals surface area contributed by atoms with Crippen molar-refractivity contribution in [2.75, 3.05) is 18.0 Å². The zero-order valence-electron chi connectivity index (χ0n) is 12.2. The summed E-state index contributed by atoms with van der Waals surface area (Å²) < 4.78 is 0. The molecule has 21 heavy (non-hydrogen) atoms. The first-order valence-electron chi connectivity index (χ1n) is 7.14. The molecule has 0 aliphatic carbocycles. The topological polar surface area (TPSA) is 95.4 Å². The van der Waals surface area contributed by atoms with Crippen LogP contribution < -0.4 is 10.2 Å². The summed E-state index contributed by atoms with van der Waals surface area (Å²) in [6.45, 7) is 5.00. The van der Waals surface area contributed by atoms with Gasteiger partial charge < -0.3 is 15.3 Å². The smallest absolute Gasteiger partial charge is 0.306 e. The lowest BCUT2D eigenvalue weighted by Crippen LogP contribution is -2.43. The van der Waals surface area contributed by atoms with Gasteiger partial charge in [-0.3, -0.25) is 9.59 Å². The SMILES string of the molecule is CCNC(=O)c1ccc(N2CCC(C(=O)O)CC2C)nn1. The van der Waals surface area contributed by atoms with E-state index in [0.717, 1.165) is 0 Å². The third kappa shape index (κ3) is 3.48. The zero-order valence-corrected chi connectivity index (χ0v) is 12.2. The monoisotopic (exact) mass is 292 g/mol. The molecule has 1 fully saturated rings. The van der Waals surface area contributed by atoms with E-state index < -0.39 is 5.97 Å². The second kappa shape index (κ2) is 6.51. The predicted octanol–water partition coefficient (Wildman–Crippen LogP) is 0.916. The third-order valence-electron chi connectivity index (χ3n) is 3.74. The summed E-state index contributed by atoms with van der Waals surface area (Å²) in [5.74, 6) is -0.591. The molecular formula is C14H20N4O3. The highest BCUT2D eigenvalue weighted by Gasteiger charge is 2.30. The van der Waals surface area contributed by atoms with Crippen LogP contribution in [-0.2, 0) is 4.79 Å². The average molecular weight is 292 g/mol. The maximum absolute atomic E-state index is 11.6. The van der Waals surface area contributed by atoms with Gasteiger partial charge in [-0.2, -0.15) is 0 Å². The van der Waals surface area contributed by atoms with Crippen molar-refractivity contribution in [3.63, 3.8) is 0 Å². The van der Waals surface area contributed by atoms with Gasteiger partial charge >= 0.3 is 5.97 Å². The Morgan fingerprint density at radius 1 is 1.43 bits per heavy atom. The molecule has 2 unspecified atom stereocenters. The van der Waals surface area contributed by atoms with E-state index in [4.69, 9.17) is 5.11 Å². The molecule has 0 aromatic carbocycles. The molecular weight excluding hydrogens is 272 g/mol. The molecule has 0 bridgehead atoms. The molecule has 0 spiro atoms. The van der Waals surface area contributed by atoms with E-state index in [1.807, 2.05) is 18.7 Å². The number of carboxylic acid groups (broad SMARTS) is 1. The maximum Gasteiger partial charge on any atom is 0.306 e. The van der Waals surface area contributed by atoms with E-state index in [1.165, 1.54) is 0 Å². The lowest BCUT2D eigenvalue weighted by Gasteiger charge is -2.36. The second-order valence-electron chi connectivity index (χ2n) is 5.24. The number of amides is 1. The molecule has 2 rings (SSSR count). The second-order valence-corrected chi connectivity index (χ2v) is 5.24. The number of nitrogens with one attached hydrogen (secondary N) is 1. The quantitative estimate of drug-likeness (QED) is 0.856. The van der Waals surface area contributed by atoms with Gasteiger partial charge in [0.2, 0.25) is 0 Å². The molecule has 2 N–H and O–H groups in total. The van der Waals surface area contributed by atoms with Gasteiger partial charge in [-0.15, -0.1) is 10.2 Å². The van der Waals surface area contributed by atoms with E-state index in [1.54, 1.807) is 12.1 Å². The van der Waals surface area contributed by atoms with Crippen molar-refractivity contribution in [1.82, 2.24) is 15.5 Å². The van der Waals surface area contributed by atoms with Crippen molar-refractivity contribution >= 4 is 17.7 Å². The first-order valence-corrected chi connectivity index (χ1v) is 7.14. The highest BCUT2D eigenvalue weighted by Crippen LogP contribution is 2.26. The maximum atomic E-state index is 11.6. The fourth-order valence-electron chi connectivity index (χ4n) is 2.59. The van der Waals surface area contributed by atoms with Gasteiger partial charge in [0.25, 0.3) is 5.91 Å². The number of aromatic nitrogens is 2. The minimum absolute atomic E-state index is 0.0875. The van der Waals surface area contributed by atoms with Crippen LogP contribution in [0.5, 0.6) is 0 Å². The van der Waals surface area contributed by atoms with Crippen molar-refractivity contribution in [1.29, 1.82) is 0 Å². The minimum Gasteiger partial charge on any atom is -0.481 e. The number of hydrogen-bond acceptors (Lipinski definition) is 5. The summed E-state index contributed by atoms with van der Waals surface area (Å²) >= 11 is 0. The molecule has 1 aliphatic rings. The van der Waals surface area contributed by atoms with Crippen LogP contribution in [0.1, 0.15) is 37.2 Å². The van der Waals surface area contributed by atoms with Crippen LogP contribution in [0, 0.1) is 5.92 Å². The van der Waals surface area contributed by atoms with Crippen molar-refractivity contribution in [3.8, 4) is 0 Å². The van der Waals surface area contributed by atoms with Crippen molar-refractivity contribution in [2.45, 2.75) is 32.7 Å². The Morgan fingerprint density at radius 3 is 2.71 bits per heavy atom. The van der Waals surface area contributed by atoms with Crippen molar-refractivity contribution in [3.05, 3.63) is 17.8 Å². The van der Waals surface area contributed by atoms with Crippen molar-refractivity contribution in [2.24, 2.45) is 5.92 Å². The zero-order chi connectivity index (χ0) is 15.4. The minimum atomic E-state index is -0.737. The van der Waals surface area contributed by atoms with Crippen LogP contribution in [0.25, 0.3) is 0 Å². The number of aliphatic carboxylic acids is 1. The number of carbonyl (C=O) groups is 2. The fourth-order valence-corrected chi connectivity index (χ4v) is 2.59. The van der Waals surface area contributed by atoms with Crippen LogP contribution in [-0.4, -0.2) is 46.3 Å². The van der Waals surface area contributed by atoms with E-state index in [2.05, 4.69) is 15.5 Å². The van der Waals surface area contributed by atoms with Crippen LogP contribution >= 0.6 is 0 Å². The number of carbonyl (C=O) groups excluding carboxylic acids is 1. The van der Waals surface area contributed by atoms with Gasteiger partial charge in [-0.25, -0.2) is 0 Å². The predicted molar refractivity (Wildman–Crippen MR) is 77.2 cm³/mol. The largest absolute Gasteiger partial charge is 0.481 e. The molecule has 2 heterocycles. The molecule has 1 saturated heterocycles. The molecule has 1 aromatic heterocycles. The number of piperidine rings is 1. The molecule has 1 amide bonds. The van der Waals surface area contributed by atoms with Crippen LogP contribution in [0.2, 0.25) is 0 Å². The first kappa shape index (κ1) is 15.2. The van der Waals surface area contributed by atoms with Crippen LogP contribution in [0.4, 0.5) is 5.82 Å². The molecule has 0 saturated carbocycles. The van der Waals surface area contributed by atoms with Gasteiger partial charge in [-0.1, -0.05) is 0 Å². The molecule has 7 nitrogen and oxygen atoms in total. The first-order chi connectivity index (χ1) is 10.0. The van der Waals surface area contributed by atoms with Crippen molar-refractivity contribution < 1.29 is 14.7 Å². The fraction of sp³-hybridized carbons (Fsp3) is 0.571. The lowest BCUT2D eigenvalue weighted by atomic mass is 9.92. The van der Waals surface area contributed by atoms with E-state index in [-0.39, 0.29) is 23.6 Å². The summed E-state index contributed by atoms with van der Waals surface area (Å²) in [4.78, 5) is 24.7. The Hall–Kier alpha value is -2.18. The molecule has 2 atom stereocenters. The summed E-state index contributed by atoms with van der Waals surface area (Å²) in [5, 5.41) is 19.8. The molecule has 0 radical (unpaired) electrons. The Morgan fingerprint density at radius 2 is 2.19 bits per heavy atom. The number of anilines is 1. The summed E-state index contributed by atoms with van der Waals surface area (Å²) in [5.41, 5.74) is 0.286. The number of nitrogens with zero attached hydrogens (tertiary/aromatic N) is 3. The highest BCUT2D eigenvalue weighted by molar-refractivity contribution is 5.92. The van der Waals surface area contributed by atoms with Gasteiger partial charge in [0.05, 0.1) is 5.92 Å². The van der Waals surface area contributed by atoms with Gasteiger partial charge in [0.1, 0.15) is 0 Å². The number of carboxylic acids is 1. The van der Waals surface area contributed by atoms with E-state index in [9.17, 15) is 9.59 Å². The molecule has 7 heteroatoms. The molecule has 1 aliphatic heterocycles. The standard InChI is InChI=1S/C14H20N4O3/c1-3-15-13(19)11-4-5-12(17-16-11)18-7-6-10(14(20)21)8-9(18)2/h4-5,9-10H,3,6-8H2,1-2H3,(H,15,19)(H,20,21). The Kier molecular flexibility index (Phi) is 4.72. The van der Waals surface area contributed by atoms with Gasteiger partial charge in [0.15, 0.2) is 11.5 Å². The van der Waals surface area contributed by atoms with E-state index >= 15 is 0 Å². The Bertz CT molecular complexity index is 517. The normalized spacial score (nSPS) is 21.9. The third-order valence-corrected chi connectivity index (χ3v) is 3.74. The van der Waals surface area contributed by atoms with Crippen LogP contribution in [0.3, 0.4) is 0 Å². The molecule has 114 valence electrons. The summed E-state index contributed by atoms with van der Waals surface area (Å²) in [6, 6.07) is 3.49. The summed E-state index contributed by atoms with van der Waals surface area (Å²) in [7, 11) is 0. The average Bonchev–Trinajstić information content (AvgIpc) is 2.47. The lowest BCUT2D eigenvalue weighted by molar-refractivity contribution is -0.142.